The lowest BCUT2D eigenvalue weighted by atomic mass is 9.69. The Balaban J connectivity index is 1.53. The van der Waals surface area contributed by atoms with Crippen LogP contribution in [0.2, 0.25) is 0 Å². The molecule has 0 unspecified atom stereocenters. The Morgan fingerprint density at radius 3 is 2.05 bits per heavy atom. The van der Waals surface area contributed by atoms with Gasteiger partial charge in [0.2, 0.25) is 0 Å². The lowest BCUT2D eigenvalue weighted by Gasteiger charge is -2.55. The summed E-state index contributed by atoms with van der Waals surface area (Å²) in [4.78, 5) is 0. The number of benzene rings is 1. The van der Waals surface area contributed by atoms with Crippen LogP contribution < -0.4 is 0 Å². The highest BCUT2D eigenvalue weighted by Gasteiger charge is 2.56. The number of nitrogens with zero attached hydrogens (tertiary/aromatic N) is 1. The largest absolute Gasteiger partial charge is 0.323 e. The molecular formula is C18H21NO3. The van der Waals surface area contributed by atoms with Crippen LogP contribution in [-0.2, 0) is 20.2 Å². The van der Waals surface area contributed by atoms with Gasteiger partial charge in [-0.3, -0.25) is 0 Å². The van der Waals surface area contributed by atoms with Crippen LogP contribution in [-0.4, -0.2) is 19.8 Å². The minimum atomic E-state index is -1.07. The van der Waals surface area contributed by atoms with Crippen LogP contribution in [0.25, 0.3) is 0 Å². The van der Waals surface area contributed by atoms with Crippen molar-refractivity contribution in [3.05, 3.63) is 35.4 Å². The molecule has 0 spiro atoms. The van der Waals surface area contributed by atoms with Crippen LogP contribution in [0.15, 0.2) is 24.3 Å². The number of nitriles is 1. The molecule has 1 saturated carbocycles. The molecule has 3 aliphatic heterocycles. The molecule has 0 radical (unpaired) electrons. The maximum absolute atomic E-state index is 8.90. The zero-order valence-corrected chi connectivity index (χ0v) is 12.7. The summed E-state index contributed by atoms with van der Waals surface area (Å²) in [6.45, 7) is 2.12. The van der Waals surface area contributed by atoms with Crippen LogP contribution in [0.1, 0.15) is 43.2 Å². The molecule has 5 rings (SSSR count). The predicted molar refractivity (Wildman–Crippen MR) is 79.7 cm³/mol. The molecule has 3 heterocycles. The highest BCUT2D eigenvalue weighted by atomic mass is 16.9. The fourth-order valence-electron chi connectivity index (χ4n) is 4.03. The van der Waals surface area contributed by atoms with E-state index in [0.717, 1.165) is 5.56 Å². The molecule has 4 aliphatic rings. The van der Waals surface area contributed by atoms with Crippen molar-refractivity contribution in [2.45, 2.75) is 38.1 Å². The Hall–Kier alpha value is -1.41. The van der Waals surface area contributed by atoms with E-state index in [1.54, 1.807) is 12.1 Å². The van der Waals surface area contributed by atoms with Crippen molar-refractivity contribution in [1.82, 2.24) is 0 Å². The van der Waals surface area contributed by atoms with Crippen LogP contribution in [0, 0.1) is 22.7 Å². The van der Waals surface area contributed by atoms with E-state index in [2.05, 4.69) is 6.07 Å². The molecule has 4 nitrogen and oxygen atoms in total. The highest BCUT2D eigenvalue weighted by Crippen LogP contribution is 2.50. The second kappa shape index (κ2) is 5.34. The SMILES string of the molecule is N#Cc1ccc(C23OCC(C4CCCCC4)(CO2)CO3)cc1. The van der Waals surface area contributed by atoms with Crippen LogP contribution in [0.5, 0.6) is 0 Å². The predicted octanol–water partition coefficient (Wildman–Crippen LogP) is 3.31. The molecule has 1 aromatic carbocycles. The van der Waals surface area contributed by atoms with Crippen molar-refractivity contribution < 1.29 is 14.2 Å². The van der Waals surface area contributed by atoms with E-state index >= 15 is 0 Å². The first-order valence-electron chi connectivity index (χ1n) is 8.19. The van der Waals surface area contributed by atoms with Gasteiger partial charge in [-0.05, 0) is 43.0 Å². The third-order valence-corrected chi connectivity index (χ3v) is 5.49. The van der Waals surface area contributed by atoms with Gasteiger partial charge in [0.25, 0.3) is 0 Å². The molecule has 1 aliphatic carbocycles. The molecule has 4 heteroatoms. The number of rotatable bonds is 2. The Bertz CT molecular complexity index is 559. The normalized spacial score (nSPS) is 35.2. The second-order valence-corrected chi connectivity index (χ2v) is 6.81. The van der Waals surface area contributed by atoms with E-state index in [1.165, 1.54) is 32.1 Å². The molecule has 0 aromatic heterocycles. The van der Waals surface area contributed by atoms with Gasteiger partial charge in [-0.15, -0.1) is 0 Å². The second-order valence-electron chi connectivity index (χ2n) is 6.81. The standard InChI is InChI=1S/C18H21NO3/c19-10-14-6-8-16(9-7-14)18-20-11-17(12-21-18,13-22-18)15-4-2-1-3-5-15/h6-9,15H,1-5,11-13H2. The zero-order chi connectivity index (χ0) is 15.0. The van der Waals surface area contributed by atoms with E-state index in [-0.39, 0.29) is 5.41 Å². The summed E-state index contributed by atoms with van der Waals surface area (Å²) < 4.78 is 18.2. The van der Waals surface area contributed by atoms with Gasteiger partial charge in [0, 0.05) is 11.0 Å². The van der Waals surface area contributed by atoms with Crippen LogP contribution in [0.4, 0.5) is 0 Å². The average molecular weight is 299 g/mol. The lowest BCUT2D eigenvalue weighted by molar-refractivity contribution is -0.486. The smallest absolute Gasteiger partial charge is 0.312 e. The molecule has 0 N–H and O–H groups in total. The van der Waals surface area contributed by atoms with Crippen molar-refractivity contribution in [3.63, 3.8) is 0 Å². The fourth-order valence-corrected chi connectivity index (χ4v) is 4.03. The Kier molecular flexibility index (Phi) is 3.45. The summed E-state index contributed by atoms with van der Waals surface area (Å²) >= 11 is 0. The molecule has 2 bridgehead atoms. The van der Waals surface area contributed by atoms with Crippen molar-refractivity contribution in [2.24, 2.45) is 11.3 Å². The molecule has 0 amide bonds. The molecule has 3 saturated heterocycles. The average Bonchev–Trinajstić information content (AvgIpc) is 2.64. The monoisotopic (exact) mass is 299 g/mol. The summed E-state index contributed by atoms with van der Waals surface area (Å²) in [6, 6.07) is 9.39. The van der Waals surface area contributed by atoms with Gasteiger partial charge in [0.1, 0.15) is 0 Å². The summed E-state index contributed by atoms with van der Waals surface area (Å²) in [6.07, 6.45) is 6.50. The number of fused-ring (bicyclic) bond motifs is 3. The van der Waals surface area contributed by atoms with E-state index in [0.29, 0.717) is 31.3 Å². The van der Waals surface area contributed by atoms with E-state index in [9.17, 15) is 0 Å². The topological polar surface area (TPSA) is 51.5 Å². The number of hydrogen-bond acceptors (Lipinski definition) is 4. The van der Waals surface area contributed by atoms with Gasteiger partial charge in [0.05, 0.1) is 31.5 Å². The molecule has 4 fully saturated rings. The van der Waals surface area contributed by atoms with Gasteiger partial charge >= 0.3 is 5.97 Å². The third-order valence-electron chi connectivity index (χ3n) is 5.49. The summed E-state index contributed by atoms with van der Waals surface area (Å²) in [5, 5.41) is 8.90. The molecule has 1 aromatic rings. The van der Waals surface area contributed by atoms with Crippen LogP contribution >= 0.6 is 0 Å². The van der Waals surface area contributed by atoms with Gasteiger partial charge in [0.15, 0.2) is 0 Å². The minimum Gasteiger partial charge on any atom is -0.323 e. The molecule has 0 atom stereocenters. The third kappa shape index (κ3) is 2.16. The summed E-state index contributed by atoms with van der Waals surface area (Å²) in [5.41, 5.74) is 1.50. The molecule has 22 heavy (non-hydrogen) atoms. The zero-order valence-electron chi connectivity index (χ0n) is 12.7. The fraction of sp³-hybridized carbons (Fsp3) is 0.611. The first-order chi connectivity index (χ1) is 10.8. The van der Waals surface area contributed by atoms with Crippen molar-refractivity contribution in [1.29, 1.82) is 5.26 Å². The van der Waals surface area contributed by atoms with Crippen molar-refractivity contribution >= 4 is 0 Å². The first-order valence-corrected chi connectivity index (χ1v) is 8.19. The van der Waals surface area contributed by atoms with Gasteiger partial charge in [-0.1, -0.05) is 19.3 Å². The van der Waals surface area contributed by atoms with E-state index in [4.69, 9.17) is 19.5 Å². The van der Waals surface area contributed by atoms with Gasteiger partial charge in [-0.2, -0.15) is 5.26 Å². The van der Waals surface area contributed by atoms with Gasteiger partial charge in [-0.25, -0.2) is 0 Å². The summed E-state index contributed by atoms with van der Waals surface area (Å²) in [7, 11) is 0. The summed E-state index contributed by atoms with van der Waals surface area (Å²) in [5.74, 6) is -0.412. The number of ether oxygens (including phenoxy) is 3. The Morgan fingerprint density at radius 1 is 0.909 bits per heavy atom. The Labute approximate surface area is 131 Å². The lowest BCUT2D eigenvalue weighted by Crippen LogP contribution is -2.61. The number of hydrogen-bond donors (Lipinski definition) is 0. The van der Waals surface area contributed by atoms with Crippen LogP contribution in [0.3, 0.4) is 0 Å². The van der Waals surface area contributed by atoms with E-state index < -0.39 is 5.97 Å². The highest BCUT2D eigenvalue weighted by molar-refractivity contribution is 5.33. The quantitative estimate of drug-likeness (QED) is 0.840. The maximum atomic E-state index is 8.90. The molecule has 116 valence electrons. The first kappa shape index (κ1) is 14.2. The van der Waals surface area contributed by atoms with Crippen molar-refractivity contribution in [3.8, 4) is 6.07 Å². The Morgan fingerprint density at radius 2 is 1.50 bits per heavy atom. The van der Waals surface area contributed by atoms with Crippen molar-refractivity contribution in [2.75, 3.05) is 19.8 Å². The maximum Gasteiger partial charge on any atom is 0.312 e. The van der Waals surface area contributed by atoms with Gasteiger partial charge < -0.3 is 14.2 Å². The minimum absolute atomic E-state index is 0.0365. The van der Waals surface area contributed by atoms with E-state index in [1.807, 2.05) is 12.1 Å². The molecular weight excluding hydrogens is 278 g/mol.